The van der Waals surface area contributed by atoms with E-state index >= 15 is 0 Å². The number of nitrogens with one attached hydrogen (secondary N) is 1. The molecule has 1 aliphatic rings. The summed E-state index contributed by atoms with van der Waals surface area (Å²) in [6.07, 6.45) is 9.27. The summed E-state index contributed by atoms with van der Waals surface area (Å²) in [5.74, 6) is 0.568. The minimum Gasteiger partial charge on any atom is -0.339 e. The number of nitrogens with zero attached hydrogens (tertiary/aromatic N) is 4. The van der Waals surface area contributed by atoms with E-state index < -0.39 is 0 Å². The van der Waals surface area contributed by atoms with Crippen molar-refractivity contribution >= 4 is 11.6 Å². The average molecular weight is 309 g/mol. The number of hydrogen-bond donors (Lipinski definition) is 1. The lowest BCUT2D eigenvalue weighted by atomic mass is 9.91. The summed E-state index contributed by atoms with van der Waals surface area (Å²) in [6, 6.07) is 3.74. The highest BCUT2D eigenvalue weighted by atomic mass is 16.2. The van der Waals surface area contributed by atoms with Gasteiger partial charge in [0.25, 0.3) is 5.91 Å². The SMILES string of the molecule is Cc1cn[nH]c1C1CCN(C(=O)c2ccc3nccn3c2)CC1. The van der Waals surface area contributed by atoms with Gasteiger partial charge in [-0.05, 0) is 37.5 Å². The largest absolute Gasteiger partial charge is 0.339 e. The van der Waals surface area contributed by atoms with E-state index in [0.29, 0.717) is 11.5 Å². The van der Waals surface area contributed by atoms with Crippen LogP contribution in [-0.2, 0) is 0 Å². The normalized spacial score (nSPS) is 16.1. The number of pyridine rings is 1. The van der Waals surface area contributed by atoms with Crippen molar-refractivity contribution < 1.29 is 4.79 Å². The molecule has 3 aromatic heterocycles. The third-order valence-corrected chi connectivity index (χ3v) is 4.69. The van der Waals surface area contributed by atoms with Gasteiger partial charge in [0.15, 0.2) is 0 Å². The Morgan fingerprint density at radius 2 is 2.13 bits per heavy atom. The molecule has 0 bridgehead atoms. The monoisotopic (exact) mass is 309 g/mol. The Labute approximate surface area is 134 Å². The molecule has 1 amide bonds. The van der Waals surface area contributed by atoms with Gasteiger partial charge in [0.2, 0.25) is 0 Å². The molecule has 1 N–H and O–H groups in total. The Kier molecular flexibility index (Phi) is 3.37. The van der Waals surface area contributed by atoms with Crippen LogP contribution in [0, 0.1) is 6.92 Å². The summed E-state index contributed by atoms with van der Waals surface area (Å²) in [6.45, 7) is 3.64. The van der Waals surface area contributed by atoms with E-state index in [1.807, 2.05) is 40.0 Å². The van der Waals surface area contributed by atoms with E-state index in [1.165, 1.54) is 11.3 Å². The van der Waals surface area contributed by atoms with Crippen LogP contribution in [0.25, 0.3) is 5.65 Å². The summed E-state index contributed by atoms with van der Waals surface area (Å²) in [5.41, 5.74) is 4.00. The van der Waals surface area contributed by atoms with Gasteiger partial charge in [-0.25, -0.2) is 4.98 Å². The first-order valence-electron chi connectivity index (χ1n) is 7.94. The molecule has 3 aromatic rings. The topological polar surface area (TPSA) is 66.3 Å². The number of aromatic amines is 1. The number of carbonyl (C=O) groups excluding carboxylic acids is 1. The van der Waals surface area contributed by atoms with Crippen LogP contribution in [0.1, 0.15) is 40.4 Å². The van der Waals surface area contributed by atoms with Crippen LogP contribution < -0.4 is 0 Å². The first kappa shape index (κ1) is 14.0. The second-order valence-corrected chi connectivity index (χ2v) is 6.14. The van der Waals surface area contributed by atoms with E-state index in [4.69, 9.17) is 0 Å². The van der Waals surface area contributed by atoms with Gasteiger partial charge in [-0.2, -0.15) is 5.10 Å². The molecule has 0 aromatic carbocycles. The Bertz CT molecular complexity index is 841. The zero-order chi connectivity index (χ0) is 15.8. The van der Waals surface area contributed by atoms with E-state index in [2.05, 4.69) is 22.1 Å². The average Bonchev–Trinajstić information content (AvgIpc) is 3.22. The fourth-order valence-electron chi connectivity index (χ4n) is 3.37. The molecule has 1 fully saturated rings. The van der Waals surface area contributed by atoms with Crippen LogP contribution in [0.4, 0.5) is 0 Å². The number of rotatable bonds is 2. The van der Waals surface area contributed by atoms with Gasteiger partial charge in [0.1, 0.15) is 5.65 Å². The van der Waals surface area contributed by atoms with Gasteiger partial charge in [-0.1, -0.05) is 0 Å². The summed E-state index contributed by atoms with van der Waals surface area (Å²) in [7, 11) is 0. The molecule has 4 heterocycles. The Balaban J connectivity index is 1.47. The van der Waals surface area contributed by atoms with Gasteiger partial charge in [0, 0.05) is 43.3 Å². The van der Waals surface area contributed by atoms with Crippen molar-refractivity contribution in [3.63, 3.8) is 0 Å². The van der Waals surface area contributed by atoms with Gasteiger partial charge in [-0.3, -0.25) is 9.89 Å². The number of aromatic nitrogens is 4. The Morgan fingerprint density at radius 1 is 1.30 bits per heavy atom. The van der Waals surface area contributed by atoms with E-state index in [-0.39, 0.29) is 5.91 Å². The second-order valence-electron chi connectivity index (χ2n) is 6.14. The molecular formula is C17H19N5O. The second kappa shape index (κ2) is 5.53. The van der Waals surface area contributed by atoms with Crippen LogP contribution in [-0.4, -0.2) is 43.5 Å². The molecule has 23 heavy (non-hydrogen) atoms. The van der Waals surface area contributed by atoms with Crippen LogP contribution in [0.15, 0.2) is 36.9 Å². The predicted octanol–water partition coefficient (Wildman–Crippen LogP) is 2.39. The highest BCUT2D eigenvalue weighted by molar-refractivity contribution is 5.94. The third kappa shape index (κ3) is 2.50. The zero-order valence-electron chi connectivity index (χ0n) is 13.1. The quantitative estimate of drug-likeness (QED) is 0.790. The number of fused-ring (bicyclic) bond motifs is 1. The number of aryl methyl sites for hydroxylation is 1. The lowest BCUT2D eigenvalue weighted by Crippen LogP contribution is -2.38. The summed E-state index contributed by atoms with van der Waals surface area (Å²) in [4.78, 5) is 18.8. The standard InChI is InChI=1S/C17H19N5O/c1-12-10-19-20-16(12)13-4-7-21(8-5-13)17(23)14-2-3-15-18-6-9-22(15)11-14/h2-3,6,9-11,13H,4-5,7-8H2,1H3,(H,19,20). The zero-order valence-corrected chi connectivity index (χ0v) is 13.1. The van der Waals surface area contributed by atoms with E-state index in [1.54, 1.807) is 6.20 Å². The maximum absolute atomic E-state index is 12.7. The maximum Gasteiger partial charge on any atom is 0.255 e. The first-order chi connectivity index (χ1) is 11.2. The van der Waals surface area contributed by atoms with Crippen molar-refractivity contribution in [3.05, 3.63) is 53.7 Å². The molecule has 1 saturated heterocycles. The molecule has 0 radical (unpaired) electrons. The molecule has 0 aliphatic carbocycles. The number of imidazole rings is 1. The molecule has 0 spiro atoms. The third-order valence-electron chi connectivity index (χ3n) is 4.69. The maximum atomic E-state index is 12.7. The summed E-state index contributed by atoms with van der Waals surface area (Å²) >= 11 is 0. The molecule has 4 rings (SSSR count). The van der Waals surface area contributed by atoms with Crippen LogP contribution in [0.3, 0.4) is 0 Å². The highest BCUT2D eigenvalue weighted by Crippen LogP contribution is 2.29. The van der Waals surface area contributed by atoms with E-state index in [9.17, 15) is 4.79 Å². The Morgan fingerprint density at radius 3 is 2.87 bits per heavy atom. The lowest BCUT2D eigenvalue weighted by molar-refractivity contribution is 0.0711. The molecule has 118 valence electrons. The highest BCUT2D eigenvalue weighted by Gasteiger charge is 2.26. The van der Waals surface area contributed by atoms with Gasteiger partial charge in [0.05, 0.1) is 11.8 Å². The fraction of sp³-hybridized carbons (Fsp3) is 0.353. The lowest BCUT2D eigenvalue weighted by Gasteiger charge is -2.32. The van der Waals surface area contributed by atoms with Crippen molar-refractivity contribution in [3.8, 4) is 0 Å². The molecule has 0 unspecified atom stereocenters. The molecule has 0 atom stereocenters. The minimum atomic E-state index is 0.0976. The number of hydrogen-bond acceptors (Lipinski definition) is 3. The van der Waals surface area contributed by atoms with Crippen molar-refractivity contribution in [2.24, 2.45) is 0 Å². The molecule has 0 saturated carbocycles. The molecular weight excluding hydrogens is 290 g/mol. The first-order valence-corrected chi connectivity index (χ1v) is 7.94. The van der Waals surface area contributed by atoms with Crippen molar-refractivity contribution in [2.75, 3.05) is 13.1 Å². The fourth-order valence-corrected chi connectivity index (χ4v) is 3.37. The molecule has 6 heteroatoms. The number of likely N-dealkylation sites (tertiary alicyclic amines) is 1. The van der Waals surface area contributed by atoms with Crippen molar-refractivity contribution in [2.45, 2.75) is 25.7 Å². The predicted molar refractivity (Wildman–Crippen MR) is 86.4 cm³/mol. The van der Waals surface area contributed by atoms with Crippen molar-refractivity contribution in [1.82, 2.24) is 24.5 Å². The van der Waals surface area contributed by atoms with Crippen molar-refractivity contribution in [1.29, 1.82) is 0 Å². The van der Waals surface area contributed by atoms with Gasteiger partial charge >= 0.3 is 0 Å². The summed E-state index contributed by atoms with van der Waals surface area (Å²) in [5, 5.41) is 7.21. The van der Waals surface area contributed by atoms with Crippen LogP contribution in [0.5, 0.6) is 0 Å². The smallest absolute Gasteiger partial charge is 0.255 e. The minimum absolute atomic E-state index is 0.0976. The number of carbonyl (C=O) groups is 1. The Hall–Kier alpha value is -2.63. The number of amides is 1. The van der Waals surface area contributed by atoms with Gasteiger partial charge < -0.3 is 9.30 Å². The summed E-state index contributed by atoms with van der Waals surface area (Å²) < 4.78 is 1.88. The van der Waals surface area contributed by atoms with Crippen LogP contribution >= 0.6 is 0 Å². The molecule has 6 nitrogen and oxygen atoms in total. The van der Waals surface area contributed by atoms with Gasteiger partial charge in [-0.15, -0.1) is 0 Å². The number of H-pyrrole nitrogens is 1. The van der Waals surface area contributed by atoms with E-state index in [0.717, 1.165) is 31.6 Å². The molecule has 1 aliphatic heterocycles. The van der Waals surface area contributed by atoms with Crippen LogP contribution in [0.2, 0.25) is 0 Å². The number of piperidine rings is 1.